The normalized spacial score (nSPS) is 15.5. The Hall–Kier alpha value is -2.11. The molecule has 2 aromatic rings. The van der Waals surface area contributed by atoms with E-state index >= 15 is 0 Å². The Bertz CT molecular complexity index is 1140. The van der Waals surface area contributed by atoms with Crippen LogP contribution in [0.3, 0.4) is 0 Å². The average molecular weight is 779 g/mol. The lowest BCUT2D eigenvalue weighted by Gasteiger charge is -2.29. The van der Waals surface area contributed by atoms with Crippen LogP contribution >= 0.6 is 45.2 Å². The highest BCUT2D eigenvalue weighted by atomic mass is 127. The second-order valence-corrected chi connectivity index (χ2v) is 12.8. The number of hydrogen-bond acceptors (Lipinski definition) is 10. The quantitative estimate of drug-likeness (QED) is 0.244. The Morgan fingerprint density at radius 3 is 1.52 bits per heavy atom. The first-order valence-electron chi connectivity index (χ1n) is 12.8. The van der Waals surface area contributed by atoms with Crippen LogP contribution < -0.4 is 0 Å². The first-order valence-corrected chi connectivity index (χ1v) is 14.9. The minimum Gasteiger partial charge on any atom is -0.464 e. The summed E-state index contributed by atoms with van der Waals surface area (Å²) in [6, 6.07) is 7.26. The zero-order valence-electron chi connectivity index (χ0n) is 23.4. The van der Waals surface area contributed by atoms with E-state index in [4.69, 9.17) is 14.2 Å². The van der Waals surface area contributed by atoms with Crippen LogP contribution in [0.15, 0.2) is 24.3 Å². The predicted molar refractivity (Wildman–Crippen MR) is 165 cm³/mol. The lowest BCUT2D eigenvalue weighted by molar-refractivity contribution is 0.0229. The second-order valence-electron chi connectivity index (χ2n) is 10.3. The van der Waals surface area contributed by atoms with E-state index < -0.39 is 17.5 Å². The van der Waals surface area contributed by atoms with Gasteiger partial charge in [0, 0.05) is 59.5 Å². The number of carbonyl (C=O) groups excluding carboxylic acids is 3. The molecular weight excluding hydrogens is 744 g/mol. The summed E-state index contributed by atoms with van der Waals surface area (Å²) in [5.41, 5.74) is 1.39. The van der Waals surface area contributed by atoms with Gasteiger partial charge >= 0.3 is 18.0 Å². The number of aromatic nitrogens is 2. The summed E-state index contributed by atoms with van der Waals surface area (Å²) in [4.78, 5) is 52.4. The van der Waals surface area contributed by atoms with Gasteiger partial charge in [0.1, 0.15) is 17.0 Å². The molecule has 0 bridgehead atoms. The molecule has 1 amide bonds. The van der Waals surface area contributed by atoms with E-state index in [1.54, 1.807) is 17.0 Å². The molecule has 11 nitrogen and oxygen atoms in total. The largest absolute Gasteiger partial charge is 0.464 e. The van der Waals surface area contributed by atoms with Crippen LogP contribution in [0.1, 0.15) is 53.1 Å². The number of hydrogen-bond donors (Lipinski definition) is 0. The molecule has 0 aromatic carbocycles. The molecule has 0 aliphatic carbocycles. The van der Waals surface area contributed by atoms with Crippen LogP contribution in [-0.4, -0.2) is 102 Å². The van der Waals surface area contributed by atoms with E-state index in [1.165, 1.54) is 14.2 Å². The van der Waals surface area contributed by atoms with Crippen molar-refractivity contribution in [3.05, 3.63) is 54.2 Å². The maximum Gasteiger partial charge on any atom is 0.410 e. The van der Waals surface area contributed by atoms with E-state index in [1.807, 2.05) is 32.9 Å². The maximum absolute atomic E-state index is 13.1. The van der Waals surface area contributed by atoms with Gasteiger partial charge in [0.15, 0.2) is 0 Å². The van der Waals surface area contributed by atoms with Gasteiger partial charge in [-0.3, -0.25) is 9.80 Å². The van der Waals surface area contributed by atoms with Crippen molar-refractivity contribution < 1.29 is 28.6 Å². The maximum atomic E-state index is 13.1. The van der Waals surface area contributed by atoms with Crippen molar-refractivity contribution in [2.45, 2.75) is 39.5 Å². The predicted octanol–water partition coefficient (Wildman–Crippen LogP) is 3.81. The van der Waals surface area contributed by atoms with Crippen molar-refractivity contribution in [2.24, 2.45) is 0 Å². The Morgan fingerprint density at radius 1 is 0.750 bits per heavy atom. The lowest BCUT2D eigenvalue weighted by Crippen LogP contribution is -2.42. The van der Waals surface area contributed by atoms with Crippen molar-refractivity contribution in [1.29, 1.82) is 0 Å². The average Bonchev–Trinajstić information content (AvgIpc) is 2.97. The molecule has 218 valence electrons. The minimum atomic E-state index is -0.612. The second kappa shape index (κ2) is 14.7. The standard InChI is InChI=1S/C27H35I2N5O6/c1-27(2,3)40-26(37)34-10-8-32(16-20-12-18(28)14-22(30-20)24(35)38-4)6-7-33(9-11-34)17-21-13-19(29)15-23(31-21)25(36)39-5/h12-15H,6-11,16-17H2,1-5H3. The number of pyridine rings is 2. The number of carbonyl (C=O) groups is 3. The van der Waals surface area contributed by atoms with Gasteiger partial charge in [0.2, 0.25) is 0 Å². The summed E-state index contributed by atoms with van der Waals surface area (Å²) in [7, 11) is 2.67. The third-order valence-corrected chi connectivity index (χ3v) is 7.25. The van der Waals surface area contributed by atoms with Crippen molar-refractivity contribution in [3.8, 4) is 0 Å². The molecule has 13 heteroatoms. The Kier molecular flexibility index (Phi) is 11.9. The van der Waals surface area contributed by atoms with Crippen LogP contribution in [0, 0.1) is 7.14 Å². The third kappa shape index (κ3) is 10.1. The summed E-state index contributed by atoms with van der Waals surface area (Å²) in [5.74, 6) is -0.967. The molecule has 0 unspecified atom stereocenters. The van der Waals surface area contributed by atoms with Crippen LogP contribution in [0.25, 0.3) is 0 Å². The molecule has 1 fully saturated rings. The zero-order valence-corrected chi connectivity index (χ0v) is 27.7. The Balaban J connectivity index is 1.84. The number of nitrogens with zero attached hydrogens (tertiary/aromatic N) is 5. The molecule has 0 atom stereocenters. The molecule has 2 aromatic heterocycles. The number of ether oxygens (including phenoxy) is 3. The van der Waals surface area contributed by atoms with Crippen molar-refractivity contribution in [2.75, 3.05) is 53.5 Å². The number of rotatable bonds is 6. The van der Waals surface area contributed by atoms with Crippen LogP contribution in [-0.2, 0) is 27.3 Å². The fourth-order valence-electron chi connectivity index (χ4n) is 4.11. The highest BCUT2D eigenvalue weighted by Gasteiger charge is 2.25. The number of methoxy groups -OCH3 is 2. The van der Waals surface area contributed by atoms with E-state index in [2.05, 4.69) is 64.9 Å². The SMILES string of the molecule is COC(=O)c1cc(I)cc(CN2CCN(Cc3cc(I)cc(C(=O)OC)n3)CCN(C(=O)OC(C)(C)C)CC2)n1. The number of esters is 2. The van der Waals surface area contributed by atoms with Gasteiger partial charge < -0.3 is 19.1 Å². The van der Waals surface area contributed by atoms with Gasteiger partial charge in [-0.05, 0) is 90.2 Å². The van der Waals surface area contributed by atoms with Gasteiger partial charge in [-0.15, -0.1) is 0 Å². The minimum absolute atomic E-state index is 0.261. The van der Waals surface area contributed by atoms with Gasteiger partial charge in [0.25, 0.3) is 0 Å². The highest BCUT2D eigenvalue weighted by Crippen LogP contribution is 2.16. The molecule has 1 aliphatic rings. The molecule has 1 saturated heterocycles. The Labute approximate surface area is 262 Å². The van der Waals surface area contributed by atoms with Crippen LogP contribution in [0.4, 0.5) is 4.79 Å². The topological polar surface area (TPSA) is 114 Å². The molecule has 0 radical (unpaired) electrons. The Morgan fingerprint density at radius 2 is 1.15 bits per heavy atom. The van der Waals surface area contributed by atoms with Gasteiger partial charge in [-0.1, -0.05) is 0 Å². The fraction of sp³-hybridized carbons (Fsp3) is 0.519. The van der Waals surface area contributed by atoms with E-state index in [0.717, 1.165) is 18.5 Å². The first-order chi connectivity index (χ1) is 18.9. The van der Waals surface area contributed by atoms with Crippen molar-refractivity contribution >= 4 is 63.2 Å². The molecule has 0 spiro atoms. The fourth-order valence-corrected chi connectivity index (χ4v) is 5.42. The molecule has 3 rings (SSSR count). The van der Waals surface area contributed by atoms with Crippen LogP contribution in [0.5, 0.6) is 0 Å². The molecule has 1 aliphatic heterocycles. The van der Waals surface area contributed by atoms with E-state index in [-0.39, 0.29) is 17.5 Å². The molecule has 0 saturated carbocycles. The summed E-state index contributed by atoms with van der Waals surface area (Å²) in [6.45, 7) is 10.1. The van der Waals surface area contributed by atoms with Crippen LogP contribution in [0.2, 0.25) is 0 Å². The van der Waals surface area contributed by atoms with Crippen molar-refractivity contribution in [1.82, 2.24) is 24.7 Å². The smallest absolute Gasteiger partial charge is 0.410 e. The van der Waals surface area contributed by atoms with Gasteiger partial charge in [-0.2, -0.15) is 0 Å². The van der Waals surface area contributed by atoms with Crippen molar-refractivity contribution in [3.63, 3.8) is 0 Å². The zero-order chi connectivity index (χ0) is 29.4. The first kappa shape index (κ1) is 32.4. The summed E-state index contributed by atoms with van der Waals surface area (Å²) < 4.78 is 17.2. The summed E-state index contributed by atoms with van der Waals surface area (Å²) in [5, 5.41) is 0. The highest BCUT2D eigenvalue weighted by molar-refractivity contribution is 14.1. The number of halogens is 2. The van der Waals surface area contributed by atoms with Gasteiger partial charge in [0.05, 0.1) is 25.6 Å². The number of amides is 1. The summed E-state index contributed by atoms with van der Waals surface area (Å²) in [6.07, 6.45) is -0.366. The molecule has 0 N–H and O–H groups in total. The molecule has 40 heavy (non-hydrogen) atoms. The van der Waals surface area contributed by atoms with E-state index in [0.29, 0.717) is 52.4 Å². The third-order valence-electron chi connectivity index (χ3n) is 6.00. The molecule has 3 heterocycles. The lowest BCUT2D eigenvalue weighted by atomic mass is 10.2. The van der Waals surface area contributed by atoms with E-state index in [9.17, 15) is 14.4 Å². The van der Waals surface area contributed by atoms with Gasteiger partial charge in [-0.25, -0.2) is 24.4 Å². The molecular formula is C27H35I2N5O6. The summed E-state index contributed by atoms with van der Waals surface area (Å²) >= 11 is 4.33. The monoisotopic (exact) mass is 779 g/mol.